The van der Waals surface area contributed by atoms with Crippen molar-refractivity contribution in [2.24, 2.45) is 5.92 Å². The summed E-state index contributed by atoms with van der Waals surface area (Å²) in [5.41, 5.74) is 0.460. The molecule has 1 fully saturated rings. The van der Waals surface area contributed by atoms with E-state index in [-0.39, 0.29) is 36.9 Å². The van der Waals surface area contributed by atoms with Crippen molar-refractivity contribution in [3.8, 4) is 0 Å². The molecule has 0 aromatic heterocycles. The van der Waals surface area contributed by atoms with E-state index in [1.54, 1.807) is 0 Å². The second-order valence-corrected chi connectivity index (χ2v) is 10.8. The largest absolute Gasteiger partial charge is 0.390 e. The highest BCUT2D eigenvalue weighted by atomic mass is 32.2. The Hall–Kier alpha value is -1.96. The summed E-state index contributed by atoms with van der Waals surface area (Å²) in [5, 5.41) is 2.95. The molecule has 1 aromatic carbocycles. The summed E-state index contributed by atoms with van der Waals surface area (Å²) in [6.07, 6.45) is -5.15. The van der Waals surface area contributed by atoms with Gasteiger partial charge < -0.3 is 5.32 Å². The minimum atomic E-state index is -4.35. The summed E-state index contributed by atoms with van der Waals surface area (Å²) in [7, 11) is -7.38. The number of hydrogen-bond donors (Lipinski definition) is 2. The number of alkyl halides is 3. The van der Waals surface area contributed by atoms with Gasteiger partial charge in [0.05, 0.1) is 17.7 Å². The molecule has 1 atom stereocenters. The maximum absolute atomic E-state index is 12.8. The van der Waals surface area contributed by atoms with Crippen LogP contribution in [0.5, 0.6) is 0 Å². The number of rotatable bonds is 10. The summed E-state index contributed by atoms with van der Waals surface area (Å²) >= 11 is 0. The molecule has 0 saturated carbocycles. The molecule has 0 radical (unpaired) electrons. The first-order valence-corrected chi connectivity index (χ1v) is 12.4. The van der Waals surface area contributed by atoms with E-state index in [0.717, 1.165) is 5.41 Å². The van der Waals surface area contributed by atoms with Crippen LogP contribution < -0.4 is 10.0 Å². The van der Waals surface area contributed by atoms with Gasteiger partial charge in [-0.25, -0.2) is 21.6 Å². The van der Waals surface area contributed by atoms with Crippen molar-refractivity contribution in [2.75, 3.05) is 26.2 Å². The Morgan fingerprint density at radius 1 is 1.19 bits per heavy atom. The van der Waals surface area contributed by atoms with Crippen LogP contribution in [0.2, 0.25) is 0 Å². The SMILES string of the molecule is C=CS(=O)(=O)NCC1CCN(S(=O)(=O)c2ccc(CC(=O)NCCC(F)(F)F)cc2)C1. The predicted molar refractivity (Wildman–Crippen MR) is 108 cm³/mol. The number of nitrogens with zero attached hydrogens (tertiary/aromatic N) is 1. The number of amides is 1. The first kappa shape index (κ1) is 25.3. The third-order valence-electron chi connectivity index (χ3n) is 4.70. The van der Waals surface area contributed by atoms with Gasteiger partial charge in [-0.05, 0) is 30.0 Å². The van der Waals surface area contributed by atoms with Gasteiger partial charge in [0.25, 0.3) is 0 Å². The van der Waals surface area contributed by atoms with Crippen molar-refractivity contribution in [1.29, 1.82) is 0 Å². The van der Waals surface area contributed by atoms with Crippen LogP contribution in [-0.4, -0.2) is 59.4 Å². The fourth-order valence-electron chi connectivity index (χ4n) is 2.99. The van der Waals surface area contributed by atoms with Gasteiger partial charge in [-0.3, -0.25) is 4.79 Å². The first-order chi connectivity index (χ1) is 14.3. The zero-order chi connectivity index (χ0) is 23.3. The molecule has 1 saturated heterocycles. The molecular formula is C18H24F3N3O5S2. The van der Waals surface area contributed by atoms with Crippen LogP contribution in [0.4, 0.5) is 13.2 Å². The summed E-state index contributed by atoms with van der Waals surface area (Å²) in [6.45, 7) is 3.17. The average Bonchev–Trinajstić information content (AvgIpc) is 3.16. The average molecular weight is 484 g/mol. The number of carbonyl (C=O) groups is 1. The van der Waals surface area contributed by atoms with E-state index in [4.69, 9.17) is 0 Å². The molecule has 0 aliphatic carbocycles. The topological polar surface area (TPSA) is 113 Å². The number of halogens is 3. The Bertz CT molecular complexity index is 993. The molecule has 31 heavy (non-hydrogen) atoms. The van der Waals surface area contributed by atoms with Crippen molar-refractivity contribution < 1.29 is 34.8 Å². The summed E-state index contributed by atoms with van der Waals surface area (Å²) in [5.74, 6) is -0.770. The standard InChI is InChI=1S/C18H24F3N3O5S2/c1-2-30(26,27)23-12-15-7-10-24(13-15)31(28,29)16-5-3-14(4-6-16)11-17(25)22-9-8-18(19,20)21/h2-6,15,23H,1,7-13H2,(H,22,25). The monoisotopic (exact) mass is 483 g/mol. The van der Waals surface area contributed by atoms with Crippen LogP contribution in [0.15, 0.2) is 41.1 Å². The molecule has 8 nitrogen and oxygen atoms in total. The number of sulfonamides is 2. The third-order valence-corrected chi connectivity index (χ3v) is 7.58. The van der Waals surface area contributed by atoms with Crippen LogP contribution in [0.1, 0.15) is 18.4 Å². The smallest absolute Gasteiger partial charge is 0.355 e. The van der Waals surface area contributed by atoms with E-state index in [2.05, 4.69) is 16.6 Å². The van der Waals surface area contributed by atoms with Crippen molar-refractivity contribution in [3.05, 3.63) is 41.8 Å². The molecule has 0 bridgehead atoms. The molecule has 174 valence electrons. The lowest BCUT2D eigenvalue weighted by atomic mass is 10.1. The molecule has 1 aliphatic rings. The summed E-state index contributed by atoms with van der Waals surface area (Å²) in [4.78, 5) is 11.7. The fraction of sp³-hybridized carbons (Fsp3) is 0.500. The summed E-state index contributed by atoms with van der Waals surface area (Å²) in [6, 6.07) is 5.53. The summed E-state index contributed by atoms with van der Waals surface area (Å²) < 4.78 is 88.4. The predicted octanol–water partition coefficient (Wildman–Crippen LogP) is 1.37. The lowest BCUT2D eigenvalue weighted by molar-refractivity contribution is -0.135. The van der Waals surface area contributed by atoms with Gasteiger partial charge >= 0.3 is 6.18 Å². The Balaban J connectivity index is 1.91. The Labute approximate surface area is 179 Å². The van der Waals surface area contributed by atoms with Crippen LogP contribution in [0.3, 0.4) is 0 Å². The van der Waals surface area contributed by atoms with Gasteiger partial charge in [-0.1, -0.05) is 18.7 Å². The molecule has 1 unspecified atom stereocenters. The fourth-order valence-corrected chi connectivity index (χ4v) is 5.11. The second-order valence-electron chi connectivity index (χ2n) is 7.11. The van der Waals surface area contributed by atoms with Crippen molar-refractivity contribution in [1.82, 2.24) is 14.3 Å². The second kappa shape index (κ2) is 10.1. The highest BCUT2D eigenvalue weighted by molar-refractivity contribution is 7.92. The normalized spacial score (nSPS) is 18.1. The Morgan fingerprint density at radius 2 is 1.84 bits per heavy atom. The number of hydrogen-bond acceptors (Lipinski definition) is 5. The van der Waals surface area contributed by atoms with Crippen LogP contribution in [0, 0.1) is 5.92 Å². The molecule has 1 heterocycles. The van der Waals surface area contributed by atoms with Crippen molar-refractivity contribution in [2.45, 2.75) is 30.3 Å². The molecule has 0 spiro atoms. The van der Waals surface area contributed by atoms with Gasteiger partial charge in [0.1, 0.15) is 0 Å². The minimum absolute atomic E-state index is 0.0149. The Kier molecular flexibility index (Phi) is 8.25. The zero-order valence-electron chi connectivity index (χ0n) is 16.6. The van der Waals surface area contributed by atoms with Gasteiger partial charge in [0.15, 0.2) is 0 Å². The lowest BCUT2D eigenvalue weighted by Crippen LogP contribution is -2.32. The van der Waals surface area contributed by atoms with E-state index >= 15 is 0 Å². The highest BCUT2D eigenvalue weighted by Gasteiger charge is 2.33. The molecule has 13 heteroatoms. The third kappa shape index (κ3) is 7.91. The quantitative estimate of drug-likeness (QED) is 0.522. The van der Waals surface area contributed by atoms with E-state index in [9.17, 15) is 34.8 Å². The van der Waals surface area contributed by atoms with Gasteiger partial charge in [0.2, 0.25) is 26.0 Å². The van der Waals surface area contributed by atoms with Gasteiger partial charge in [0, 0.05) is 31.6 Å². The number of benzene rings is 1. The van der Waals surface area contributed by atoms with E-state index in [0.29, 0.717) is 12.0 Å². The molecule has 1 aliphatic heterocycles. The Morgan fingerprint density at radius 3 is 2.42 bits per heavy atom. The molecule has 2 rings (SSSR count). The van der Waals surface area contributed by atoms with Crippen molar-refractivity contribution >= 4 is 26.0 Å². The van der Waals surface area contributed by atoms with Gasteiger partial charge in [-0.15, -0.1) is 0 Å². The highest BCUT2D eigenvalue weighted by Crippen LogP contribution is 2.24. The molecular weight excluding hydrogens is 459 g/mol. The number of nitrogens with one attached hydrogen (secondary N) is 2. The zero-order valence-corrected chi connectivity index (χ0v) is 18.2. The molecule has 1 amide bonds. The maximum Gasteiger partial charge on any atom is 0.390 e. The number of carbonyl (C=O) groups excluding carboxylic acids is 1. The minimum Gasteiger partial charge on any atom is -0.355 e. The lowest BCUT2D eigenvalue weighted by Gasteiger charge is -2.17. The van der Waals surface area contributed by atoms with Crippen LogP contribution in [0.25, 0.3) is 0 Å². The van der Waals surface area contributed by atoms with E-state index < -0.39 is 45.1 Å². The first-order valence-electron chi connectivity index (χ1n) is 9.37. The van der Waals surface area contributed by atoms with Crippen molar-refractivity contribution in [3.63, 3.8) is 0 Å². The maximum atomic E-state index is 12.8. The molecule has 1 aromatic rings. The van der Waals surface area contributed by atoms with Crippen LogP contribution >= 0.6 is 0 Å². The van der Waals surface area contributed by atoms with Gasteiger partial charge in [-0.2, -0.15) is 17.5 Å². The van der Waals surface area contributed by atoms with Crippen LogP contribution in [-0.2, 0) is 31.3 Å². The van der Waals surface area contributed by atoms with E-state index in [1.165, 1.54) is 28.6 Å². The molecule has 2 N–H and O–H groups in total. The van der Waals surface area contributed by atoms with E-state index in [1.807, 2.05) is 0 Å².